The number of carbonyl (C=O) groups excluding carboxylic acids is 1. The molecule has 1 fully saturated rings. The molecular formula is C15H14N2O2. The van der Waals surface area contributed by atoms with Crippen molar-refractivity contribution in [1.29, 1.82) is 5.26 Å². The van der Waals surface area contributed by atoms with Gasteiger partial charge in [-0.25, -0.2) is 0 Å². The summed E-state index contributed by atoms with van der Waals surface area (Å²) in [6.45, 7) is 1.30. The molecule has 4 nitrogen and oxygen atoms in total. The van der Waals surface area contributed by atoms with Gasteiger partial charge in [-0.15, -0.1) is 0 Å². The maximum Gasteiger partial charge on any atom is 0.257 e. The number of benzene rings is 1. The van der Waals surface area contributed by atoms with Gasteiger partial charge in [0, 0.05) is 24.4 Å². The summed E-state index contributed by atoms with van der Waals surface area (Å²) < 4.78 is 5.40. The van der Waals surface area contributed by atoms with Gasteiger partial charge in [-0.05, 0) is 18.9 Å². The Morgan fingerprint density at radius 2 is 2.05 bits per heavy atom. The van der Waals surface area contributed by atoms with Crippen LogP contribution in [0.3, 0.4) is 0 Å². The van der Waals surface area contributed by atoms with Gasteiger partial charge in [0.2, 0.25) is 0 Å². The Kier molecular flexibility index (Phi) is 2.96. The number of nitriles is 1. The fourth-order valence-corrected chi connectivity index (χ4v) is 2.53. The van der Waals surface area contributed by atoms with Crippen molar-refractivity contribution in [3.8, 4) is 6.07 Å². The fraction of sp³-hybridized carbons (Fsp3) is 0.333. The number of rotatable bonds is 1. The predicted molar refractivity (Wildman–Crippen MR) is 70.5 cm³/mol. The number of amides is 1. The van der Waals surface area contributed by atoms with Gasteiger partial charge in [0.25, 0.3) is 5.91 Å². The second-order valence-corrected chi connectivity index (χ2v) is 4.84. The Morgan fingerprint density at radius 3 is 2.79 bits per heavy atom. The second kappa shape index (κ2) is 4.77. The van der Waals surface area contributed by atoms with Crippen molar-refractivity contribution in [3.63, 3.8) is 0 Å². The van der Waals surface area contributed by atoms with E-state index in [0.29, 0.717) is 18.7 Å². The monoisotopic (exact) mass is 254 g/mol. The number of hydrogen-bond donors (Lipinski definition) is 0. The number of para-hydroxylation sites is 1. The molecule has 2 aromatic rings. The van der Waals surface area contributed by atoms with Crippen molar-refractivity contribution >= 4 is 16.9 Å². The molecule has 96 valence electrons. The van der Waals surface area contributed by atoms with Gasteiger partial charge in [0.05, 0.1) is 11.6 Å². The number of furan rings is 1. The van der Waals surface area contributed by atoms with E-state index in [0.717, 1.165) is 23.8 Å². The van der Waals surface area contributed by atoms with E-state index in [1.807, 2.05) is 29.2 Å². The summed E-state index contributed by atoms with van der Waals surface area (Å²) in [6, 6.07) is 9.81. The molecule has 0 saturated carbocycles. The molecule has 0 unspecified atom stereocenters. The van der Waals surface area contributed by atoms with Crippen LogP contribution in [0, 0.1) is 17.2 Å². The first-order chi connectivity index (χ1) is 9.29. The van der Waals surface area contributed by atoms with Gasteiger partial charge in [-0.3, -0.25) is 4.79 Å². The van der Waals surface area contributed by atoms with Crippen molar-refractivity contribution in [2.75, 3.05) is 13.1 Å². The van der Waals surface area contributed by atoms with E-state index in [9.17, 15) is 4.79 Å². The van der Waals surface area contributed by atoms with E-state index in [-0.39, 0.29) is 11.8 Å². The lowest BCUT2D eigenvalue weighted by molar-refractivity contribution is 0.0708. The van der Waals surface area contributed by atoms with E-state index in [1.54, 1.807) is 0 Å². The molecule has 1 aliphatic rings. The van der Waals surface area contributed by atoms with Gasteiger partial charge >= 0.3 is 0 Å². The van der Waals surface area contributed by atoms with Crippen molar-refractivity contribution in [3.05, 3.63) is 36.1 Å². The molecule has 0 aliphatic carbocycles. The van der Waals surface area contributed by atoms with Gasteiger partial charge in [-0.2, -0.15) is 5.26 Å². The summed E-state index contributed by atoms with van der Waals surface area (Å²) >= 11 is 0. The third-order valence-corrected chi connectivity index (χ3v) is 3.68. The van der Waals surface area contributed by atoms with Crippen LogP contribution in [0.15, 0.2) is 34.9 Å². The third kappa shape index (κ3) is 2.08. The van der Waals surface area contributed by atoms with Gasteiger partial charge in [-0.1, -0.05) is 18.2 Å². The standard InChI is InChI=1S/C15H14N2O2/c16-9-11-5-7-17(8-6-11)15(18)13-10-19-14-4-2-1-3-12(13)14/h1-4,10-11H,5-8H2. The van der Waals surface area contributed by atoms with Crippen LogP contribution in [0.2, 0.25) is 0 Å². The summed E-state index contributed by atoms with van der Waals surface area (Å²) in [5.41, 5.74) is 1.35. The highest BCUT2D eigenvalue weighted by atomic mass is 16.3. The molecule has 19 heavy (non-hydrogen) atoms. The molecule has 1 aliphatic heterocycles. The zero-order valence-corrected chi connectivity index (χ0v) is 10.5. The smallest absolute Gasteiger partial charge is 0.257 e. The highest BCUT2D eigenvalue weighted by molar-refractivity contribution is 6.05. The molecular weight excluding hydrogens is 240 g/mol. The van der Waals surface area contributed by atoms with E-state index in [4.69, 9.17) is 9.68 Å². The van der Waals surface area contributed by atoms with Crippen LogP contribution in [0.5, 0.6) is 0 Å². The summed E-state index contributed by atoms with van der Waals surface area (Å²) in [5.74, 6) is 0.0893. The lowest BCUT2D eigenvalue weighted by Crippen LogP contribution is -2.38. The van der Waals surface area contributed by atoms with E-state index in [2.05, 4.69) is 6.07 Å². The normalized spacial score (nSPS) is 16.5. The number of hydrogen-bond acceptors (Lipinski definition) is 3. The minimum absolute atomic E-state index is 0.00124. The quantitative estimate of drug-likeness (QED) is 0.786. The maximum atomic E-state index is 12.5. The van der Waals surface area contributed by atoms with Gasteiger partial charge in [0.1, 0.15) is 11.8 Å². The van der Waals surface area contributed by atoms with E-state index >= 15 is 0 Å². The number of piperidine rings is 1. The van der Waals surface area contributed by atoms with Crippen LogP contribution in [0.25, 0.3) is 11.0 Å². The Morgan fingerprint density at radius 1 is 1.32 bits per heavy atom. The zero-order chi connectivity index (χ0) is 13.2. The Labute approximate surface area is 111 Å². The van der Waals surface area contributed by atoms with Crippen molar-refractivity contribution in [2.24, 2.45) is 5.92 Å². The highest BCUT2D eigenvalue weighted by Gasteiger charge is 2.25. The first kappa shape index (κ1) is 11.8. The Balaban J connectivity index is 1.83. The van der Waals surface area contributed by atoms with Crippen molar-refractivity contribution < 1.29 is 9.21 Å². The lowest BCUT2D eigenvalue weighted by atomic mass is 9.98. The number of nitrogens with zero attached hydrogens (tertiary/aromatic N) is 2. The number of likely N-dealkylation sites (tertiary alicyclic amines) is 1. The van der Waals surface area contributed by atoms with Crippen molar-refractivity contribution in [1.82, 2.24) is 4.90 Å². The summed E-state index contributed by atoms with van der Waals surface area (Å²) in [5, 5.41) is 9.73. The van der Waals surface area contributed by atoms with Crippen molar-refractivity contribution in [2.45, 2.75) is 12.8 Å². The number of carbonyl (C=O) groups is 1. The van der Waals surface area contributed by atoms with E-state index in [1.165, 1.54) is 6.26 Å². The summed E-state index contributed by atoms with van der Waals surface area (Å²) in [7, 11) is 0. The topological polar surface area (TPSA) is 57.2 Å². The third-order valence-electron chi connectivity index (χ3n) is 3.68. The minimum Gasteiger partial charge on any atom is -0.463 e. The largest absolute Gasteiger partial charge is 0.463 e. The molecule has 0 bridgehead atoms. The first-order valence-corrected chi connectivity index (χ1v) is 6.44. The lowest BCUT2D eigenvalue weighted by Gasteiger charge is -2.28. The molecule has 3 rings (SSSR count). The molecule has 0 N–H and O–H groups in total. The van der Waals surface area contributed by atoms with Gasteiger partial charge in [0.15, 0.2) is 0 Å². The molecule has 2 heterocycles. The minimum atomic E-state index is 0.00124. The molecule has 0 atom stereocenters. The molecule has 1 amide bonds. The number of fused-ring (bicyclic) bond motifs is 1. The predicted octanol–water partition coefficient (Wildman–Crippen LogP) is 2.81. The first-order valence-electron chi connectivity index (χ1n) is 6.44. The molecule has 0 radical (unpaired) electrons. The van der Waals surface area contributed by atoms with Crippen LogP contribution < -0.4 is 0 Å². The molecule has 0 spiro atoms. The summed E-state index contributed by atoms with van der Waals surface area (Å²) in [4.78, 5) is 14.3. The second-order valence-electron chi connectivity index (χ2n) is 4.84. The zero-order valence-electron chi connectivity index (χ0n) is 10.5. The average molecular weight is 254 g/mol. The highest BCUT2D eigenvalue weighted by Crippen LogP contribution is 2.24. The summed E-state index contributed by atoms with van der Waals surface area (Å²) in [6.07, 6.45) is 3.05. The van der Waals surface area contributed by atoms with Crippen LogP contribution in [-0.4, -0.2) is 23.9 Å². The Bertz CT molecular complexity index is 645. The molecule has 1 saturated heterocycles. The van der Waals surface area contributed by atoms with Gasteiger partial charge < -0.3 is 9.32 Å². The van der Waals surface area contributed by atoms with Crippen LogP contribution in [0.1, 0.15) is 23.2 Å². The van der Waals surface area contributed by atoms with Crippen LogP contribution in [-0.2, 0) is 0 Å². The van der Waals surface area contributed by atoms with E-state index < -0.39 is 0 Å². The van der Waals surface area contributed by atoms with Crippen LogP contribution in [0.4, 0.5) is 0 Å². The maximum absolute atomic E-state index is 12.5. The molecule has 4 heteroatoms. The molecule has 1 aromatic heterocycles. The van der Waals surface area contributed by atoms with Crippen LogP contribution >= 0.6 is 0 Å². The molecule has 1 aromatic carbocycles. The fourth-order valence-electron chi connectivity index (χ4n) is 2.53. The SMILES string of the molecule is N#CC1CCN(C(=O)c2coc3ccccc23)CC1. The Hall–Kier alpha value is -2.28. The average Bonchev–Trinajstić information content (AvgIpc) is 2.90.